The number of nitro groups is 1. The first-order chi connectivity index (χ1) is 10.5. The maximum atomic E-state index is 13.1. The summed E-state index contributed by atoms with van der Waals surface area (Å²) in [6.07, 6.45) is 3.26. The van der Waals surface area contributed by atoms with Crippen LogP contribution in [0.5, 0.6) is 0 Å². The van der Waals surface area contributed by atoms with Crippen molar-refractivity contribution in [3.8, 4) is 0 Å². The van der Waals surface area contributed by atoms with E-state index in [1.54, 1.807) is 0 Å². The second-order valence-electron chi connectivity index (χ2n) is 5.54. The topological polar surface area (TPSA) is 81.5 Å². The molecular formula is C15H19FN2O4. The molecule has 1 saturated carbocycles. The molecule has 1 fully saturated rings. The second kappa shape index (κ2) is 7.20. The fourth-order valence-corrected chi connectivity index (χ4v) is 2.83. The Bertz CT molecular complexity index is 556. The summed E-state index contributed by atoms with van der Waals surface area (Å²) >= 11 is 0. The van der Waals surface area contributed by atoms with Gasteiger partial charge in [0.1, 0.15) is 11.5 Å². The predicted octanol–water partition coefficient (Wildman–Crippen LogP) is 3.13. The third-order valence-corrected chi connectivity index (χ3v) is 4.12. The summed E-state index contributed by atoms with van der Waals surface area (Å²) < 4.78 is 17.8. The van der Waals surface area contributed by atoms with Crippen molar-refractivity contribution in [1.82, 2.24) is 0 Å². The van der Waals surface area contributed by atoms with Gasteiger partial charge in [-0.3, -0.25) is 14.9 Å². The van der Waals surface area contributed by atoms with Crippen LogP contribution in [0.1, 0.15) is 25.7 Å². The number of hydrogen-bond acceptors (Lipinski definition) is 5. The van der Waals surface area contributed by atoms with Crippen LogP contribution in [-0.4, -0.2) is 24.5 Å². The minimum Gasteiger partial charge on any atom is -0.469 e. The molecule has 22 heavy (non-hydrogen) atoms. The quantitative estimate of drug-likeness (QED) is 0.513. The van der Waals surface area contributed by atoms with E-state index in [9.17, 15) is 19.3 Å². The Morgan fingerprint density at radius 2 is 2.09 bits per heavy atom. The number of nitrogens with zero attached hydrogens (tertiary/aromatic N) is 1. The highest BCUT2D eigenvalue weighted by Gasteiger charge is 2.27. The molecule has 0 aromatic heterocycles. The van der Waals surface area contributed by atoms with Crippen molar-refractivity contribution >= 4 is 17.3 Å². The fourth-order valence-electron chi connectivity index (χ4n) is 2.83. The minimum atomic E-state index is -0.629. The number of ether oxygens (including phenoxy) is 1. The van der Waals surface area contributed by atoms with Crippen LogP contribution in [0, 0.1) is 27.8 Å². The first-order valence-corrected chi connectivity index (χ1v) is 7.27. The highest BCUT2D eigenvalue weighted by Crippen LogP contribution is 2.31. The van der Waals surface area contributed by atoms with Gasteiger partial charge in [0.05, 0.1) is 24.0 Å². The normalized spacial score (nSPS) is 21.2. The van der Waals surface area contributed by atoms with E-state index in [0.29, 0.717) is 18.2 Å². The largest absolute Gasteiger partial charge is 0.469 e. The number of esters is 1. The van der Waals surface area contributed by atoms with Gasteiger partial charge in [0.15, 0.2) is 0 Å². The molecule has 0 spiro atoms. The Morgan fingerprint density at radius 1 is 1.41 bits per heavy atom. The SMILES string of the molecule is COC(=O)[C@H]1CC[C@H](CNc2ccc(F)cc2[N+](=O)[O-])CC1. The van der Waals surface area contributed by atoms with Crippen molar-refractivity contribution in [1.29, 1.82) is 0 Å². The van der Waals surface area contributed by atoms with Gasteiger partial charge in [-0.05, 0) is 43.7 Å². The monoisotopic (exact) mass is 310 g/mol. The lowest BCUT2D eigenvalue weighted by molar-refractivity contribution is -0.384. The molecule has 0 radical (unpaired) electrons. The predicted molar refractivity (Wildman–Crippen MR) is 79.0 cm³/mol. The van der Waals surface area contributed by atoms with Gasteiger partial charge in [-0.1, -0.05) is 0 Å². The van der Waals surface area contributed by atoms with Crippen LogP contribution in [0.15, 0.2) is 18.2 Å². The third kappa shape index (κ3) is 3.93. The molecule has 1 aromatic carbocycles. The van der Waals surface area contributed by atoms with Crippen molar-refractivity contribution in [3.63, 3.8) is 0 Å². The van der Waals surface area contributed by atoms with Gasteiger partial charge in [0.2, 0.25) is 0 Å². The van der Waals surface area contributed by atoms with Crippen molar-refractivity contribution in [3.05, 3.63) is 34.1 Å². The van der Waals surface area contributed by atoms with Crippen molar-refractivity contribution in [2.75, 3.05) is 19.0 Å². The van der Waals surface area contributed by atoms with Gasteiger partial charge >= 0.3 is 5.97 Å². The number of halogens is 1. The van der Waals surface area contributed by atoms with Crippen LogP contribution < -0.4 is 5.32 Å². The molecule has 0 aliphatic heterocycles. The highest BCUT2D eigenvalue weighted by molar-refractivity contribution is 5.72. The van der Waals surface area contributed by atoms with Gasteiger partial charge in [-0.25, -0.2) is 4.39 Å². The number of benzene rings is 1. The van der Waals surface area contributed by atoms with E-state index in [2.05, 4.69) is 5.32 Å². The number of methoxy groups -OCH3 is 1. The summed E-state index contributed by atoms with van der Waals surface area (Å²) in [5.41, 5.74) is 0.0599. The molecule has 1 aliphatic rings. The summed E-state index contributed by atoms with van der Waals surface area (Å²) in [5, 5.41) is 13.9. The summed E-state index contributed by atoms with van der Waals surface area (Å²) in [6, 6.07) is 3.49. The maximum absolute atomic E-state index is 13.1. The summed E-state index contributed by atoms with van der Waals surface area (Å²) in [6.45, 7) is 0.570. The second-order valence-corrected chi connectivity index (χ2v) is 5.54. The van der Waals surface area contributed by atoms with E-state index < -0.39 is 10.7 Å². The molecular weight excluding hydrogens is 291 g/mol. The van der Waals surface area contributed by atoms with Crippen LogP contribution in [0.4, 0.5) is 15.8 Å². The molecule has 120 valence electrons. The van der Waals surface area contributed by atoms with Crippen molar-refractivity contribution < 1.29 is 18.8 Å². The molecule has 0 amide bonds. The van der Waals surface area contributed by atoms with Crippen molar-refractivity contribution in [2.24, 2.45) is 11.8 Å². The summed E-state index contributed by atoms with van der Waals surface area (Å²) in [7, 11) is 1.39. The first kappa shape index (κ1) is 16.2. The van der Waals surface area contributed by atoms with Crippen LogP contribution in [0.25, 0.3) is 0 Å². The van der Waals surface area contributed by atoms with E-state index >= 15 is 0 Å². The van der Waals surface area contributed by atoms with Crippen molar-refractivity contribution in [2.45, 2.75) is 25.7 Å². The zero-order valence-corrected chi connectivity index (χ0v) is 12.4. The third-order valence-electron chi connectivity index (χ3n) is 4.12. The lowest BCUT2D eigenvalue weighted by Crippen LogP contribution is -2.26. The standard InChI is InChI=1S/C15H19FN2O4/c1-22-15(19)11-4-2-10(3-5-11)9-17-13-7-6-12(16)8-14(13)18(20)21/h6-8,10-11,17H,2-5,9H2,1H3/t10-,11-. The minimum absolute atomic E-state index is 0.0404. The maximum Gasteiger partial charge on any atom is 0.308 e. The Hall–Kier alpha value is -2.18. The van der Waals surface area contributed by atoms with E-state index in [1.807, 2.05) is 0 Å². The molecule has 1 aliphatic carbocycles. The Balaban J connectivity index is 1.90. The molecule has 1 aromatic rings. The van der Waals surface area contributed by atoms with E-state index in [0.717, 1.165) is 31.7 Å². The average Bonchev–Trinajstić information content (AvgIpc) is 2.53. The molecule has 0 heterocycles. The Labute approximate surface area is 127 Å². The smallest absolute Gasteiger partial charge is 0.308 e. The zero-order valence-electron chi connectivity index (χ0n) is 12.4. The van der Waals surface area contributed by atoms with Gasteiger partial charge < -0.3 is 10.1 Å². The van der Waals surface area contributed by atoms with Gasteiger partial charge in [-0.15, -0.1) is 0 Å². The van der Waals surface area contributed by atoms with Gasteiger partial charge in [-0.2, -0.15) is 0 Å². The van der Waals surface area contributed by atoms with Crippen LogP contribution in [0.2, 0.25) is 0 Å². The fraction of sp³-hybridized carbons (Fsp3) is 0.533. The Morgan fingerprint density at radius 3 is 2.68 bits per heavy atom. The molecule has 0 unspecified atom stereocenters. The van der Waals surface area contributed by atoms with Gasteiger partial charge in [0, 0.05) is 6.54 Å². The number of nitrogens with one attached hydrogen (secondary N) is 1. The molecule has 0 bridgehead atoms. The zero-order chi connectivity index (χ0) is 16.1. The lowest BCUT2D eigenvalue weighted by Gasteiger charge is -2.27. The van der Waals surface area contributed by atoms with Gasteiger partial charge in [0.25, 0.3) is 5.69 Å². The number of rotatable bonds is 5. The van der Waals surface area contributed by atoms with Crippen LogP contribution in [-0.2, 0) is 9.53 Å². The first-order valence-electron chi connectivity index (χ1n) is 7.27. The molecule has 0 atom stereocenters. The average molecular weight is 310 g/mol. The van der Waals surface area contributed by atoms with E-state index in [4.69, 9.17) is 4.74 Å². The number of carbonyl (C=O) groups excluding carboxylic acids is 1. The molecule has 0 saturated heterocycles. The molecule has 1 N–H and O–H groups in total. The van der Waals surface area contributed by atoms with E-state index in [1.165, 1.54) is 19.2 Å². The lowest BCUT2D eigenvalue weighted by atomic mass is 9.82. The number of anilines is 1. The number of hydrogen-bond donors (Lipinski definition) is 1. The summed E-state index contributed by atoms with van der Waals surface area (Å²) in [4.78, 5) is 21.8. The summed E-state index contributed by atoms with van der Waals surface area (Å²) in [5.74, 6) is -0.497. The van der Waals surface area contributed by atoms with Crippen LogP contribution in [0.3, 0.4) is 0 Å². The molecule has 2 rings (SSSR count). The van der Waals surface area contributed by atoms with Crippen LogP contribution >= 0.6 is 0 Å². The Kier molecular flexibility index (Phi) is 5.30. The molecule has 7 heteroatoms. The number of nitro benzene ring substituents is 1. The molecule has 6 nitrogen and oxygen atoms in total. The highest BCUT2D eigenvalue weighted by atomic mass is 19.1. The number of carbonyl (C=O) groups is 1. The van der Waals surface area contributed by atoms with E-state index in [-0.39, 0.29) is 17.6 Å².